The molecule has 6 heteroatoms. The molecule has 152 valence electrons. The van der Waals surface area contributed by atoms with E-state index in [0.717, 1.165) is 0 Å². The van der Waals surface area contributed by atoms with Crippen LogP contribution in [0.2, 0.25) is 0 Å². The Bertz CT molecular complexity index is 1120. The molecular formula is C23H25NO5. The van der Waals surface area contributed by atoms with Gasteiger partial charge in [-0.05, 0) is 47.6 Å². The van der Waals surface area contributed by atoms with Crippen LogP contribution in [0.4, 0.5) is 0 Å². The third-order valence-electron chi connectivity index (χ3n) is 5.07. The molecule has 2 atom stereocenters. The number of ketones is 1. The van der Waals surface area contributed by atoms with Crippen LogP contribution < -0.4 is 5.43 Å². The smallest absolute Gasteiger partial charge is 0.336 e. The summed E-state index contributed by atoms with van der Waals surface area (Å²) in [6.45, 7) is 10.2. The first-order valence-electron chi connectivity index (χ1n) is 9.62. The van der Waals surface area contributed by atoms with E-state index in [0.29, 0.717) is 39.3 Å². The number of ether oxygens (including phenoxy) is 1. The van der Waals surface area contributed by atoms with Crippen LogP contribution >= 0.6 is 0 Å². The van der Waals surface area contributed by atoms with Crippen molar-refractivity contribution in [2.24, 2.45) is 10.9 Å². The van der Waals surface area contributed by atoms with E-state index >= 15 is 0 Å². The molecule has 0 radical (unpaired) electrons. The predicted molar refractivity (Wildman–Crippen MR) is 111 cm³/mol. The van der Waals surface area contributed by atoms with Crippen LogP contribution in [0.25, 0.3) is 11.0 Å². The lowest BCUT2D eigenvalue weighted by atomic mass is 9.73. The highest BCUT2D eigenvalue weighted by Crippen LogP contribution is 2.42. The molecule has 2 aromatic rings. The van der Waals surface area contributed by atoms with Crippen LogP contribution in [0.3, 0.4) is 0 Å². The fraction of sp³-hybridized carbons (Fsp3) is 0.391. The van der Waals surface area contributed by atoms with E-state index in [1.807, 2.05) is 0 Å². The Balaban J connectivity index is 2.35. The summed E-state index contributed by atoms with van der Waals surface area (Å²) in [5.41, 5.74) is 2.26. The van der Waals surface area contributed by atoms with Crippen molar-refractivity contribution in [3.05, 3.63) is 57.1 Å². The van der Waals surface area contributed by atoms with Gasteiger partial charge in [-0.15, -0.1) is 0 Å². The highest BCUT2D eigenvalue weighted by Gasteiger charge is 2.41. The number of benzene rings is 1. The van der Waals surface area contributed by atoms with E-state index in [9.17, 15) is 14.4 Å². The molecule has 0 N–H and O–H groups in total. The first kappa shape index (κ1) is 20.7. The molecule has 0 saturated heterocycles. The van der Waals surface area contributed by atoms with Crippen LogP contribution in [0.1, 0.15) is 51.9 Å². The molecule has 0 fully saturated rings. The van der Waals surface area contributed by atoms with Gasteiger partial charge in [0, 0.05) is 29.0 Å². The van der Waals surface area contributed by atoms with Gasteiger partial charge in [-0.2, -0.15) is 0 Å². The van der Waals surface area contributed by atoms with Gasteiger partial charge in [-0.1, -0.05) is 12.1 Å². The maximum absolute atomic E-state index is 13.0. The molecule has 0 spiro atoms. The SMILES string of the molecule is CC(=O)C1C(C)=NC(C)=C(C(=O)OC(C)C)C1c1cccc2c(=O)cc(C)oc12. The van der Waals surface area contributed by atoms with E-state index in [2.05, 4.69) is 4.99 Å². The number of aliphatic imine (C=N–C) groups is 1. The van der Waals surface area contributed by atoms with Gasteiger partial charge in [0.2, 0.25) is 0 Å². The number of hydrogen-bond donors (Lipinski definition) is 0. The van der Waals surface area contributed by atoms with Crippen LogP contribution in [0.5, 0.6) is 0 Å². The van der Waals surface area contributed by atoms with E-state index in [4.69, 9.17) is 9.15 Å². The number of allylic oxidation sites excluding steroid dienone is 1. The number of carbonyl (C=O) groups is 2. The van der Waals surface area contributed by atoms with Gasteiger partial charge in [-0.3, -0.25) is 14.6 Å². The quantitative estimate of drug-likeness (QED) is 0.728. The molecule has 29 heavy (non-hydrogen) atoms. The maximum Gasteiger partial charge on any atom is 0.336 e. The summed E-state index contributed by atoms with van der Waals surface area (Å²) in [4.78, 5) is 42.6. The lowest BCUT2D eigenvalue weighted by Crippen LogP contribution is -2.35. The summed E-state index contributed by atoms with van der Waals surface area (Å²) in [5, 5.41) is 0.407. The molecule has 0 saturated carbocycles. The van der Waals surface area contributed by atoms with Crippen molar-refractivity contribution in [1.82, 2.24) is 0 Å². The standard InChI is InChI=1S/C23H25NO5/c1-11(2)28-23(27)20-14(5)24-13(4)19(15(6)25)21(20)17-9-7-8-16-18(26)10-12(3)29-22(16)17/h7-11,19,21H,1-6H3. The molecule has 2 heterocycles. The Hall–Kier alpha value is -3.02. The van der Waals surface area contributed by atoms with Crippen molar-refractivity contribution in [3.8, 4) is 0 Å². The second-order valence-electron chi connectivity index (χ2n) is 7.72. The summed E-state index contributed by atoms with van der Waals surface area (Å²) in [7, 11) is 0. The summed E-state index contributed by atoms with van der Waals surface area (Å²) in [6, 6.07) is 6.64. The predicted octanol–water partition coefficient (Wildman–Crippen LogP) is 4.09. The van der Waals surface area contributed by atoms with Crippen molar-refractivity contribution in [1.29, 1.82) is 0 Å². The third-order valence-corrected chi connectivity index (χ3v) is 5.07. The minimum atomic E-state index is -0.648. The minimum absolute atomic E-state index is 0.120. The maximum atomic E-state index is 13.0. The van der Waals surface area contributed by atoms with E-state index in [1.54, 1.807) is 52.8 Å². The molecule has 0 amide bonds. The summed E-state index contributed by atoms with van der Waals surface area (Å²) < 4.78 is 11.4. The van der Waals surface area contributed by atoms with Gasteiger partial charge in [0.1, 0.15) is 17.1 Å². The second kappa shape index (κ2) is 7.78. The fourth-order valence-corrected chi connectivity index (χ4v) is 4.00. The normalized spacial score (nSPS) is 19.5. The van der Waals surface area contributed by atoms with Crippen molar-refractivity contribution < 1.29 is 18.7 Å². The van der Waals surface area contributed by atoms with E-state index in [-0.39, 0.29) is 17.3 Å². The van der Waals surface area contributed by atoms with Gasteiger partial charge < -0.3 is 9.15 Å². The average molecular weight is 395 g/mol. The molecule has 1 aromatic carbocycles. The Kier molecular flexibility index (Phi) is 5.55. The van der Waals surface area contributed by atoms with E-state index in [1.165, 1.54) is 13.0 Å². The zero-order valence-electron chi connectivity index (χ0n) is 17.5. The number of para-hydroxylation sites is 1. The number of hydrogen-bond acceptors (Lipinski definition) is 6. The summed E-state index contributed by atoms with van der Waals surface area (Å²) in [6.07, 6.45) is -0.320. The van der Waals surface area contributed by atoms with Gasteiger partial charge in [-0.25, -0.2) is 4.79 Å². The van der Waals surface area contributed by atoms with Gasteiger partial charge in [0.05, 0.1) is 23.0 Å². The lowest BCUT2D eigenvalue weighted by molar-refractivity contribution is -0.143. The molecule has 0 aliphatic carbocycles. The van der Waals surface area contributed by atoms with Crippen LogP contribution in [-0.2, 0) is 14.3 Å². The minimum Gasteiger partial charge on any atom is -0.461 e. The van der Waals surface area contributed by atoms with Crippen LogP contribution in [0.15, 0.2) is 49.7 Å². The number of esters is 1. The number of aryl methyl sites for hydroxylation is 1. The second-order valence-corrected chi connectivity index (χ2v) is 7.72. The molecule has 2 unspecified atom stereocenters. The number of carbonyl (C=O) groups excluding carboxylic acids is 2. The van der Waals surface area contributed by atoms with Gasteiger partial charge in [0.25, 0.3) is 0 Å². The van der Waals surface area contributed by atoms with Gasteiger partial charge in [0.15, 0.2) is 5.43 Å². The zero-order chi connectivity index (χ0) is 21.5. The Morgan fingerprint density at radius 2 is 1.86 bits per heavy atom. The molecule has 6 nitrogen and oxygen atoms in total. The Labute approximate surface area is 169 Å². The van der Waals surface area contributed by atoms with Gasteiger partial charge >= 0.3 is 5.97 Å². The molecule has 1 aliphatic heterocycles. The molecular weight excluding hydrogens is 370 g/mol. The van der Waals surface area contributed by atoms with Crippen molar-refractivity contribution in [2.75, 3.05) is 0 Å². The third kappa shape index (κ3) is 3.79. The molecule has 1 aromatic heterocycles. The number of nitrogens with zero attached hydrogens (tertiary/aromatic N) is 1. The first-order valence-corrected chi connectivity index (χ1v) is 9.62. The number of Topliss-reactive ketones (excluding diaryl/α,β-unsaturated/α-hetero) is 1. The first-order chi connectivity index (χ1) is 13.6. The van der Waals surface area contributed by atoms with Crippen molar-refractivity contribution >= 4 is 28.4 Å². The van der Waals surface area contributed by atoms with Crippen LogP contribution in [-0.4, -0.2) is 23.6 Å². The summed E-state index contributed by atoms with van der Waals surface area (Å²) >= 11 is 0. The monoisotopic (exact) mass is 395 g/mol. The zero-order valence-corrected chi connectivity index (χ0v) is 17.5. The van der Waals surface area contributed by atoms with E-state index < -0.39 is 17.8 Å². The fourth-order valence-electron chi connectivity index (χ4n) is 4.00. The van der Waals surface area contributed by atoms with Crippen molar-refractivity contribution in [3.63, 3.8) is 0 Å². The highest BCUT2D eigenvalue weighted by molar-refractivity contribution is 6.09. The molecule has 3 rings (SSSR count). The largest absolute Gasteiger partial charge is 0.461 e. The van der Waals surface area contributed by atoms with Crippen LogP contribution in [0, 0.1) is 12.8 Å². The topological polar surface area (TPSA) is 85.9 Å². The average Bonchev–Trinajstić information content (AvgIpc) is 2.59. The number of fused-ring (bicyclic) bond motifs is 1. The lowest BCUT2D eigenvalue weighted by Gasteiger charge is -2.32. The summed E-state index contributed by atoms with van der Waals surface area (Å²) in [5.74, 6) is -1.47. The Morgan fingerprint density at radius 3 is 2.48 bits per heavy atom. The van der Waals surface area contributed by atoms with Crippen molar-refractivity contribution in [2.45, 2.75) is 53.6 Å². The Morgan fingerprint density at radius 1 is 1.17 bits per heavy atom. The molecule has 1 aliphatic rings. The highest BCUT2D eigenvalue weighted by atomic mass is 16.5. The molecule has 0 bridgehead atoms. The number of rotatable bonds is 4.